The molecule has 1 N–H and O–H groups in total. The standard InChI is InChI=1S/C12H14F2N2S/c13-12(14)17-10-6-2-1-5-9(10)16-11-7-3-4-8-15-11/h1-2,5-6,12H,3-4,7-8H2,(H,15,16). The Bertz CT molecular complexity index is 407. The van der Waals surface area contributed by atoms with Gasteiger partial charge in [-0.2, -0.15) is 8.78 Å². The SMILES string of the molecule is FC(F)Sc1ccccc1NC1=NCCCC1. The molecule has 1 aliphatic rings. The molecule has 0 saturated carbocycles. The molecule has 0 bridgehead atoms. The monoisotopic (exact) mass is 256 g/mol. The number of nitrogens with one attached hydrogen (secondary N) is 1. The topological polar surface area (TPSA) is 24.4 Å². The Balaban J connectivity index is 2.11. The van der Waals surface area contributed by atoms with Gasteiger partial charge in [0.2, 0.25) is 0 Å². The lowest BCUT2D eigenvalue weighted by Gasteiger charge is -2.16. The predicted octanol–water partition coefficient (Wildman–Crippen LogP) is 4.00. The van der Waals surface area contributed by atoms with Crippen molar-refractivity contribution >= 4 is 23.3 Å². The quantitative estimate of drug-likeness (QED) is 0.827. The largest absolute Gasteiger partial charge is 0.343 e. The van der Waals surface area contributed by atoms with Gasteiger partial charge in [0.05, 0.1) is 5.69 Å². The van der Waals surface area contributed by atoms with Crippen LogP contribution in [0.25, 0.3) is 0 Å². The van der Waals surface area contributed by atoms with Crippen molar-refractivity contribution in [2.24, 2.45) is 4.99 Å². The molecule has 0 atom stereocenters. The molecule has 2 nitrogen and oxygen atoms in total. The van der Waals surface area contributed by atoms with Crippen molar-refractivity contribution in [1.82, 2.24) is 0 Å². The van der Waals surface area contributed by atoms with Crippen molar-refractivity contribution in [1.29, 1.82) is 0 Å². The third kappa shape index (κ3) is 3.70. The molecule has 5 heteroatoms. The van der Waals surface area contributed by atoms with Crippen molar-refractivity contribution in [2.45, 2.75) is 29.9 Å². The van der Waals surface area contributed by atoms with Crippen LogP contribution in [0.15, 0.2) is 34.2 Å². The van der Waals surface area contributed by atoms with Gasteiger partial charge in [-0.3, -0.25) is 4.99 Å². The van der Waals surface area contributed by atoms with Crippen molar-refractivity contribution in [3.05, 3.63) is 24.3 Å². The van der Waals surface area contributed by atoms with E-state index in [2.05, 4.69) is 10.3 Å². The van der Waals surface area contributed by atoms with Gasteiger partial charge < -0.3 is 5.32 Å². The van der Waals surface area contributed by atoms with Crippen LogP contribution >= 0.6 is 11.8 Å². The van der Waals surface area contributed by atoms with Gasteiger partial charge in [0.1, 0.15) is 5.84 Å². The van der Waals surface area contributed by atoms with Crippen molar-refractivity contribution in [2.75, 3.05) is 11.9 Å². The van der Waals surface area contributed by atoms with Crippen LogP contribution in [-0.4, -0.2) is 18.1 Å². The summed E-state index contributed by atoms with van der Waals surface area (Å²) in [5.74, 6) is -1.50. The van der Waals surface area contributed by atoms with E-state index < -0.39 is 5.76 Å². The summed E-state index contributed by atoms with van der Waals surface area (Å²) in [6.07, 6.45) is 3.11. The second kappa shape index (κ2) is 6.00. The highest BCUT2D eigenvalue weighted by atomic mass is 32.2. The molecule has 1 aromatic carbocycles. The van der Waals surface area contributed by atoms with Gasteiger partial charge in [0, 0.05) is 17.9 Å². The first kappa shape index (κ1) is 12.4. The van der Waals surface area contributed by atoms with E-state index in [9.17, 15) is 8.78 Å². The maximum atomic E-state index is 12.4. The van der Waals surface area contributed by atoms with Crippen LogP contribution < -0.4 is 5.32 Å². The minimum atomic E-state index is -2.40. The van der Waals surface area contributed by atoms with E-state index >= 15 is 0 Å². The van der Waals surface area contributed by atoms with Crippen molar-refractivity contribution in [3.8, 4) is 0 Å². The minimum Gasteiger partial charge on any atom is -0.343 e. The maximum absolute atomic E-state index is 12.4. The molecule has 0 spiro atoms. The number of alkyl halides is 2. The number of nitrogens with zero attached hydrogens (tertiary/aromatic N) is 1. The molecule has 0 aliphatic carbocycles. The van der Waals surface area contributed by atoms with Gasteiger partial charge in [-0.05, 0) is 25.0 Å². The Hall–Kier alpha value is -1.10. The predicted molar refractivity (Wildman–Crippen MR) is 68.1 cm³/mol. The molecule has 0 amide bonds. The van der Waals surface area contributed by atoms with Gasteiger partial charge in [0.15, 0.2) is 0 Å². The van der Waals surface area contributed by atoms with Gasteiger partial charge >= 0.3 is 0 Å². The van der Waals surface area contributed by atoms with Crippen LogP contribution in [0.1, 0.15) is 19.3 Å². The Kier molecular flexibility index (Phi) is 4.36. The van der Waals surface area contributed by atoms with Crippen molar-refractivity contribution in [3.63, 3.8) is 0 Å². The number of rotatable bonds is 3. The fourth-order valence-electron chi connectivity index (χ4n) is 1.72. The molecular formula is C12H14F2N2S. The first-order valence-electron chi connectivity index (χ1n) is 5.60. The van der Waals surface area contributed by atoms with E-state index in [4.69, 9.17) is 0 Å². The summed E-state index contributed by atoms with van der Waals surface area (Å²) < 4.78 is 24.8. The lowest BCUT2D eigenvalue weighted by Crippen LogP contribution is -2.16. The molecule has 92 valence electrons. The average Bonchev–Trinajstić information content (AvgIpc) is 2.32. The Morgan fingerprint density at radius 2 is 2.06 bits per heavy atom. The van der Waals surface area contributed by atoms with E-state index in [1.54, 1.807) is 12.1 Å². The van der Waals surface area contributed by atoms with Crippen LogP contribution in [0.4, 0.5) is 14.5 Å². The zero-order chi connectivity index (χ0) is 12.1. The van der Waals surface area contributed by atoms with E-state index in [0.717, 1.165) is 37.3 Å². The summed E-state index contributed by atoms with van der Waals surface area (Å²) >= 11 is 0.563. The number of hydrogen-bond acceptors (Lipinski definition) is 3. The van der Waals surface area contributed by atoms with Crippen LogP contribution in [0, 0.1) is 0 Å². The zero-order valence-corrected chi connectivity index (χ0v) is 10.1. The summed E-state index contributed by atoms with van der Waals surface area (Å²) in [5.41, 5.74) is 0.721. The van der Waals surface area contributed by atoms with Gasteiger partial charge in [-0.1, -0.05) is 23.9 Å². The number of aliphatic imine (C=N–C) groups is 1. The zero-order valence-electron chi connectivity index (χ0n) is 9.33. The molecule has 0 aromatic heterocycles. The molecule has 0 radical (unpaired) electrons. The highest BCUT2D eigenvalue weighted by molar-refractivity contribution is 7.99. The lowest BCUT2D eigenvalue weighted by atomic mass is 10.2. The highest BCUT2D eigenvalue weighted by Crippen LogP contribution is 2.31. The van der Waals surface area contributed by atoms with Crippen LogP contribution in [-0.2, 0) is 0 Å². The van der Waals surface area contributed by atoms with E-state index in [1.807, 2.05) is 12.1 Å². The van der Waals surface area contributed by atoms with E-state index in [-0.39, 0.29) is 0 Å². The fourth-order valence-corrected chi connectivity index (χ4v) is 2.32. The number of thioether (sulfide) groups is 1. The van der Waals surface area contributed by atoms with Crippen molar-refractivity contribution < 1.29 is 8.78 Å². The molecule has 1 heterocycles. The van der Waals surface area contributed by atoms with Crippen LogP contribution in [0.2, 0.25) is 0 Å². The second-order valence-corrected chi connectivity index (χ2v) is 4.82. The van der Waals surface area contributed by atoms with E-state index in [0.29, 0.717) is 16.7 Å². The number of benzene rings is 1. The number of anilines is 1. The minimum absolute atomic E-state index is 0.563. The first-order chi connectivity index (χ1) is 8.25. The number of amidine groups is 1. The second-order valence-electron chi connectivity index (χ2n) is 3.79. The Morgan fingerprint density at radius 3 is 2.76 bits per heavy atom. The molecule has 17 heavy (non-hydrogen) atoms. The summed E-state index contributed by atoms with van der Waals surface area (Å²) in [4.78, 5) is 4.92. The van der Waals surface area contributed by atoms with Gasteiger partial charge in [0.25, 0.3) is 5.76 Å². The molecular weight excluding hydrogens is 242 g/mol. The molecule has 2 rings (SSSR count). The van der Waals surface area contributed by atoms with Gasteiger partial charge in [-0.15, -0.1) is 0 Å². The highest BCUT2D eigenvalue weighted by Gasteiger charge is 2.11. The summed E-state index contributed by atoms with van der Waals surface area (Å²) in [7, 11) is 0. The molecule has 0 saturated heterocycles. The summed E-state index contributed by atoms with van der Waals surface area (Å²) in [6.45, 7) is 0.826. The molecule has 0 unspecified atom stereocenters. The average molecular weight is 256 g/mol. The third-order valence-corrected chi connectivity index (χ3v) is 3.29. The van der Waals surface area contributed by atoms with Crippen LogP contribution in [0.3, 0.4) is 0 Å². The molecule has 0 fully saturated rings. The summed E-state index contributed by atoms with van der Waals surface area (Å²) in [6, 6.07) is 7.10. The first-order valence-corrected chi connectivity index (χ1v) is 6.48. The smallest absolute Gasteiger partial charge is 0.288 e. The normalized spacial score (nSPS) is 15.8. The van der Waals surface area contributed by atoms with Gasteiger partial charge in [-0.25, -0.2) is 0 Å². The Morgan fingerprint density at radius 1 is 1.24 bits per heavy atom. The number of halogens is 2. The number of hydrogen-bond donors (Lipinski definition) is 1. The third-order valence-electron chi connectivity index (χ3n) is 2.51. The van der Waals surface area contributed by atoms with E-state index in [1.165, 1.54) is 0 Å². The molecule has 1 aliphatic heterocycles. The maximum Gasteiger partial charge on any atom is 0.288 e. The number of para-hydroxylation sites is 1. The molecule has 1 aromatic rings. The van der Waals surface area contributed by atoms with Crippen LogP contribution in [0.5, 0.6) is 0 Å². The Labute approximate surface area is 104 Å². The lowest BCUT2D eigenvalue weighted by molar-refractivity contribution is 0.252. The summed E-state index contributed by atoms with van der Waals surface area (Å²) in [5, 5.41) is 3.15. The fraction of sp³-hybridized carbons (Fsp3) is 0.417.